The van der Waals surface area contributed by atoms with E-state index in [9.17, 15) is 4.39 Å². The molecule has 0 saturated carbocycles. The molecule has 0 radical (unpaired) electrons. The summed E-state index contributed by atoms with van der Waals surface area (Å²) < 4.78 is 12.9. The van der Waals surface area contributed by atoms with Gasteiger partial charge in [-0.1, -0.05) is 23.9 Å². The minimum absolute atomic E-state index is 0.0160. The summed E-state index contributed by atoms with van der Waals surface area (Å²) in [6.45, 7) is -0.0160. The summed E-state index contributed by atoms with van der Waals surface area (Å²) in [6, 6.07) is 9.98. The molecule has 0 unspecified atom stereocenters. The summed E-state index contributed by atoms with van der Waals surface area (Å²) in [5.41, 5.74) is 0.767. The van der Waals surface area contributed by atoms with Gasteiger partial charge >= 0.3 is 0 Å². The number of nitrogens with zero attached hydrogens (tertiary/aromatic N) is 1. The third-order valence-electron chi connectivity index (χ3n) is 2.00. The van der Waals surface area contributed by atoms with Crippen LogP contribution >= 0.6 is 11.8 Å². The SMILES string of the molecule is OCc1ccc(Sc2cccc(F)c2)nc1. The van der Waals surface area contributed by atoms with Crippen LogP contribution in [0.25, 0.3) is 0 Å². The summed E-state index contributed by atoms with van der Waals surface area (Å²) in [4.78, 5) is 4.96. The summed E-state index contributed by atoms with van der Waals surface area (Å²) in [5.74, 6) is -0.253. The van der Waals surface area contributed by atoms with E-state index < -0.39 is 0 Å². The summed E-state index contributed by atoms with van der Waals surface area (Å²) in [7, 11) is 0. The van der Waals surface area contributed by atoms with Crippen LogP contribution in [0, 0.1) is 5.82 Å². The van der Waals surface area contributed by atoms with Crippen molar-refractivity contribution < 1.29 is 9.50 Å². The van der Waals surface area contributed by atoms with Gasteiger partial charge in [-0.3, -0.25) is 0 Å². The van der Waals surface area contributed by atoms with Crippen LogP contribution in [0.4, 0.5) is 4.39 Å². The number of aliphatic hydroxyl groups is 1. The molecule has 2 nitrogen and oxygen atoms in total. The summed E-state index contributed by atoms with van der Waals surface area (Å²) >= 11 is 1.39. The molecule has 0 bridgehead atoms. The fraction of sp³-hybridized carbons (Fsp3) is 0.0833. The standard InChI is InChI=1S/C12H10FNOS/c13-10-2-1-3-11(6-10)16-12-5-4-9(8-15)7-14-12/h1-7,15H,8H2. The van der Waals surface area contributed by atoms with Gasteiger partial charge in [0.25, 0.3) is 0 Å². The highest BCUT2D eigenvalue weighted by molar-refractivity contribution is 7.99. The van der Waals surface area contributed by atoms with Crippen LogP contribution in [0.1, 0.15) is 5.56 Å². The summed E-state index contributed by atoms with van der Waals surface area (Å²) in [5, 5.41) is 9.64. The Labute approximate surface area is 97.2 Å². The van der Waals surface area contributed by atoms with Gasteiger partial charge in [-0.25, -0.2) is 9.37 Å². The first-order valence-corrected chi connectivity index (χ1v) is 5.59. The van der Waals surface area contributed by atoms with Crippen molar-refractivity contribution in [2.75, 3.05) is 0 Å². The first-order chi connectivity index (χ1) is 7.78. The zero-order valence-corrected chi connectivity index (χ0v) is 9.25. The maximum Gasteiger partial charge on any atom is 0.124 e. The Kier molecular flexibility index (Phi) is 3.54. The Hall–Kier alpha value is -1.39. The fourth-order valence-corrected chi connectivity index (χ4v) is 2.02. The van der Waals surface area contributed by atoms with Gasteiger partial charge in [-0.05, 0) is 29.8 Å². The van der Waals surface area contributed by atoms with E-state index in [2.05, 4.69) is 4.98 Å². The smallest absolute Gasteiger partial charge is 0.124 e. The molecule has 0 atom stereocenters. The van der Waals surface area contributed by atoms with E-state index in [1.165, 1.54) is 23.9 Å². The second kappa shape index (κ2) is 5.09. The maximum absolute atomic E-state index is 12.9. The highest BCUT2D eigenvalue weighted by Crippen LogP contribution is 2.26. The topological polar surface area (TPSA) is 33.1 Å². The van der Waals surface area contributed by atoms with Crippen LogP contribution in [0.2, 0.25) is 0 Å². The monoisotopic (exact) mass is 235 g/mol. The minimum atomic E-state index is -0.253. The van der Waals surface area contributed by atoms with E-state index in [4.69, 9.17) is 5.11 Å². The first-order valence-electron chi connectivity index (χ1n) is 4.77. The highest BCUT2D eigenvalue weighted by atomic mass is 32.2. The van der Waals surface area contributed by atoms with Crippen LogP contribution in [-0.4, -0.2) is 10.1 Å². The zero-order valence-electron chi connectivity index (χ0n) is 8.43. The molecule has 1 N–H and O–H groups in total. The van der Waals surface area contributed by atoms with Gasteiger partial charge in [-0.2, -0.15) is 0 Å². The lowest BCUT2D eigenvalue weighted by Gasteiger charge is -2.01. The Morgan fingerprint density at radius 3 is 2.75 bits per heavy atom. The molecule has 1 heterocycles. The van der Waals surface area contributed by atoms with Crippen LogP contribution in [0.5, 0.6) is 0 Å². The molecule has 2 aromatic rings. The second-order valence-electron chi connectivity index (χ2n) is 3.22. The highest BCUT2D eigenvalue weighted by Gasteiger charge is 2.00. The number of pyridine rings is 1. The van der Waals surface area contributed by atoms with Crippen molar-refractivity contribution in [3.05, 3.63) is 54.0 Å². The average Bonchev–Trinajstić information content (AvgIpc) is 2.30. The van der Waals surface area contributed by atoms with Crippen molar-refractivity contribution >= 4 is 11.8 Å². The Morgan fingerprint density at radius 2 is 2.12 bits per heavy atom. The fourth-order valence-electron chi connectivity index (χ4n) is 1.22. The van der Waals surface area contributed by atoms with E-state index >= 15 is 0 Å². The van der Waals surface area contributed by atoms with Gasteiger partial charge in [0.05, 0.1) is 6.61 Å². The molecule has 0 aliphatic carbocycles. The van der Waals surface area contributed by atoms with Crippen molar-refractivity contribution in [3.8, 4) is 0 Å². The van der Waals surface area contributed by atoms with Gasteiger partial charge in [0.1, 0.15) is 10.8 Å². The Balaban J connectivity index is 2.14. The predicted molar refractivity (Wildman–Crippen MR) is 60.7 cm³/mol. The lowest BCUT2D eigenvalue weighted by molar-refractivity contribution is 0.281. The molecule has 0 aliphatic heterocycles. The molecule has 0 spiro atoms. The van der Waals surface area contributed by atoms with Crippen LogP contribution in [0.3, 0.4) is 0 Å². The molecule has 2 rings (SSSR count). The number of halogens is 1. The molecule has 1 aromatic carbocycles. The predicted octanol–water partition coefficient (Wildman–Crippen LogP) is 2.86. The number of rotatable bonds is 3. The van der Waals surface area contributed by atoms with E-state index in [1.54, 1.807) is 24.4 Å². The molecule has 4 heteroatoms. The van der Waals surface area contributed by atoms with Crippen molar-refractivity contribution in [1.29, 1.82) is 0 Å². The maximum atomic E-state index is 12.9. The van der Waals surface area contributed by atoms with Crippen LogP contribution < -0.4 is 0 Å². The van der Waals surface area contributed by atoms with Gasteiger partial charge < -0.3 is 5.11 Å². The van der Waals surface area contributed by atoms with Crippen LogP contribution in [0.15, 0.2) is 52.5 Å². The second-order valence-corrected chi connectivity index (χ2v) is 4.32. The lowest BCUT2D eigenvalue weighted by atomic mass is 10.3. The first kappa shape index (κ1) is 11.1. The molecule has 16 heavy (non-hydrogen) atoms. The van der Waals surface area contributed by atoms with E-state index in [1.807, 2.05) is 6.07 Å². The molecular weight excluding hydrogens is 225 g/mol. The summed E-state index contributed by atoms with van der Waals surface area (Å²) in [6.07, 6.45) is 1.61. The Morgan fingerprint density at radius 1 is 1.25 bits per heavy atom. The number of hydrogen-bond donors (Lipinski definition) is 1. The van der Waals surface area contributed by atoms with Gasteiger partial charge in [0, 0.05) is 11.1 Å². The van der Waals surface area contributed by atoms with E-state index in [0.717, 1.165) is 15.5 Å². The molecule has 0 amide bonds. The van der Waals surface area contributed by atoms with E-state index in [0.29, 0.717) is 0 Å². The number of benzene rings is 1. The van der Waals surface area contributed by atoms with Gasteiger partial charge in [0.15, 0.2) is 0 Å². The van der Waals surface area contributed by atoms with Crippen molar-refractivity contribution in [2.24, 2.45) is 0 Å². The molecule has 1 aromatic heterocycles. The largest absolute Gasteiger partial charge is 0.392 e. The quantitative estimate of drug-likeness (QED) is 0.888. The average molecular weight is 235 g/mol. The number of aromatic nitrogens is 1. The lowest BCUT2D eigenvalue weighted by Crippen LogP contribution is -1.86. The van der Waals surface area contributed by atoms with Gasteiger partial charge in [0.2, 0.25) is 0 Å². The van der Waals surface area contributed by atoms with E-state index in [-0.39, 0.29) is 12.4 Å². The minimum Gasteiger partial charge on any atom is -0.392 e. The zero-order chi connectivity index (χ0) is 11.4. The number of hydrogen-bond acceptors (Lipinski definition) is 3. The molecule has 82 valence electrons. The molecule has 0 saturated heterocycles. The number of aliphatic hydroxyl groups excluding tert-OH is 1. The third kappa shape index (κ3) is 2.81. The van der Waals surface area contributed by atoms with Crippen LogP contribution in [-0.2, 0) is 6.61 Å². The van der Waals surface area contributed by atoms with Crippen molar-refractivity contribution in [1.82, 2.24) is 4.98 Å². The molecule has 0 fully saturated rings. The van der Waals surface area contributed by atoms with Gasteiger partial charge in [-0.15, -0.1) is 0 Å². The molecular formula is C12H10FNOS. The molecule has 0 aliphatic rings. The third-order valence-corrected chi connectivity index (χ3v) is 2.94. The van der Waals surface area contributed by atoms with Crippen molar-refractivity contribution in [3.63, 3.8) is 0 Å². The Bertz CT molecular complexity index is 473. The normalized spacial score (nSPS) is 10.4. The van der Waals surface area contributed by atoms with Crippen molar-refractivity contribution in [2.45, 2.75) is 16.5 Å².